The Morgan fingerprint density at radius 2 is 2.19 bits per heavy atom. The smallest absolute Gasteiger partial charge is 0.307 e. The van der Waals surface area contributed by atoms with Crippen LogP contribution >= 0.6 is 15.9 Å². The maximum atomic E-state index is 11.1. The fourth-order valence-electron chi connectivity index (χ4n) is 1.41. The summed E-state index contributed by atoms with van der Waals surface area (Å²) in [6, 6.07) is 5.10. The molecule has 0 aromatic heterocycles. The number of hydrogen-bond acceptors (Lipinski definition) is 4. The van der Waals surface area contributed by atoms with Gasteiger partial charge in [-0.1, -0.05) is 12.1 Å². The Labute approximate surface area is 103 Å². The van der Waals surface area contributed by atoms with E-state index in [1.165, 1.54) is 7.11 Å². The molecule has 88 valence electrons. The largest absolute Gasteiger partial charge is 0.495 e. The summed E-state index contributed by atoms with van der Waals surface area (Å²) in [6.45, 7) is 0. The first-order chi connectivity index (χ1) is 7.60. The first-order valence-corrected chi connectivity index (χ1v) is 5.54. The van der Waals surface area contributed by atoms with Crippen molar-refractivity contribution in [3.05, 3.63) is 28.2 Å². The lowest BCUT2D eigenvalue weighted by Crippen LogP contribution is -2.17. The van der Waals surface area contributed by atoms with Crippen LogP contribution in [-0.2, 0) is 9.53 Å². The van der Waals surface area contributed by atoms with Crippen LogP contribution in [0.25, 0.3) is 0 Å². The Morgan fingerprint density at radius 3 is 2.75 bits per heavy atom. The third kappa shape index (κ3) is 2.96. The number of nitrogens with two attached hydrogens (primary N) is 1. The van der Waals surface area contributed by atoms with Crippen molar-refractivity contribution in [2.75, 3.05) is 14.2 Å². The van der Waals surface area contributed by atoms with E-state index in [0.29, 0.717) is 5.75 Å². The van der Waals surface area contributed by atoms with Crippen LogP contribution in [-0.4, -0.2) is 20.2 Å². The van der Waals surface area contributed by atoms with E-state index in [4.69, 9.17) is 10.5 Å². The molecule has 1 rings (SSSR count). The van der Waals surface area contributed by atoms with Crippen molar-refractivity contribution in [2.24, 2.45) is 5.73 Å². The predicted octanol–water partition coefficient (Wildman–Crippen LogP) is 2.02. The second-order valence-electron chi connectivity index (χ2n) is 3.25. The Balaban J connectivity index is 2.94. The van der Waals surface area contributed by atoms with Crippen LogP contribution in [0.4, 0.5) is 0 Å². The van der Waals surface area contributed by atoms with E-state index < -0.39 is 6.04 Å². The molecular weight excluding hydrogens is 274 g/mol. The average Bonchev–Trinajstić information content (AvgIpc) is 2.28. The van der Waals surface area contributed by atoms with Crippen molar-refractivity contribution in [1.82, 2.24) is 0 Å². The molecule has 0 aliphatic heterocycles. The van der Waals surface area contributed by atoms with Gasteiger partial charge in [0.15, 0.2) is 0 Å². The quantitative estimate of drug-likeness (QED) is 0.861. The van der Waals surface area contributed by atoms with Crippen molar-refractivity contribution in [2.45, 2.75) is 12.5 Å². The summed E-state index contributed by atoms with van der Waals surface area (Å²) in [7, 11) is 2.90. The molecule has 1 aromatic carbocycles. The number of benzene rings is 1. The Morgan fingerprint density at radius 1 is 1.50 bits per heavy atom. The topological polar surface area (TPSA) is 61.5 Å². The molecule has 1 aromatic rings. The molecule has 0 bridgehead atoms. The molecule has 2 N–H and O–H groups in total. The minimum atomic E-state index is -0.431. The van der Waals surface area contributed by atoms with Crippen LogP contribution in [0.5, 0.6) is 5.75 Å². The van der Waals surface area contributed by atoms with Crippen LogP contribution in [0, 0.1) is 0 Å². The number of carbonyl (C=O) groups is 1. The molecule has 0 aliphatic rings. The van der Waals surface area contributed by atoms with E-state index in [-0.39, 0.29) is 12.4 Å². The second-order valence-corrected chi connectivity index (χ2v) is 4.10. The van der Waals surface area contributed by atoms with Gasteiger partial charge in [0.2, 0.25) is 0 Å². The van der Waals surface area contributed by atoms with E-state index in [0.717, 1.165) is 10.0 Å². The number of hydrogen-bond donors (Lipinski definition) is 1. The molecule has 0 radical (unpaired) electrons. The highest BCUT2D eigenvalue weighted by molar-refractivity contribution is 9.10. The number of carbonyl (C=O) groups excluding carboxylic acids is 1. The van der Waals surface area contributed by atoms with Crippen molar-refractivity contribution in [1.29, 1.82) is 0 Å². The van der Waals surface area contributed by atoms with Crippen LogP contribution in [0.1, 0.15) is 18.0 Å². The summed E-state index contributed by atoms with van der Waals surface area (Å²) in [5.41, 5.74) is 6.69. The van der Waals surface area contributed by atoms with Gasteiger partial charge in [-0.2, -0.15) is 0 Å². The van der Waals surface area contributed by atoms with Gasteiger partial charge in [-0.15, -0.1) is 0 Å². The minimum absolute atomic E-state index is 0.128. The fourth-order valence-corrected chi connectivity index (χ4v) is 1.95. The summed E-state index contributed by atoms with van der Waals surface area (Å²) in [4.78, 5) is 11.1. The van der Waals surface area contributed by atoms with Gasteiger partial charge in [0.25, 0.3) is 0 Å². The third-order valence-corrected chi connectivity index (χ3v) is 2.84. The molecule has 0 saturated heterocycles. The number of halogens is 1. The zero-order valence-electron chi connectivity index (χ0n) is 9.20. The maximum absolute atomic E-state index is 11.1. The molecule has 0 aliphatic carbocycles. The molecule has 16 heavy (non-hydrogen) atoms. The van der Waals surface area contributed by atoms with Crippen LogP contribution in [0.15, 0.2) is 22.7 Å². The van der Waals surface area contributed by atoms with E-state index in [9.17, 15) is 4.79 Å². The highest BCUT2D eigenvalue weighted by Crippen LogP contribution is 2.33. The lowest BCUT2D eigenvalue weighted by atomic mass is 10.0. The number of rotatable bonds is 4. The minimum Gasteiger partial charge on any atom is -0.495 e. The van der Waals surface area contributed by atoms with Crippen molar-refractivity contribution in [3.63, 3.8) is 0 Å². The lowest BCUT2D eigenvalue weighted by Gasteiger charge is -2.15. The van der Waals surface area contributed by atoms with E-state index in [1.807, 2.05) is 18.2 Å². The van der Waals surface area contributed by atoms with Crippen LogP contribution in [0.2, 0.25) is 0 Å². The number of methoxy groups -OCH3 is 2. The van der Waals surface area contributed by atoms with Crippen LogP contribution in [0.3, 0.4) is 0 Å². The van der Waals surface area contributed by atoms with E-state index >= 15 is 0 Å². The summed E-state index contributed by atoms with van der Waals surface area (Å²) in [6.07, 6.45) is 0.128. The second kappa shape index (κ2) is 5.86. The molecule has 0 heterocycles. The standard InChI is InChI=1S/C11H14BrNO3/c1-15-10(14)6-9(13)7-4-3-5-8(12)11(7)16-2/h3-5,9H,6,13H2,1-2H3. The summed E-state index contributed by atoms with van der Waals surface area (Å²) in [5.74, 6) is 0.313. The lowest BCUT2D eigenvalue weighted by molar-refractivity contribution is -0.141. The first kappa shape index (κ1) is 13.0. The Hall–Kier alpha value is -1.07. The summed E-state index contributed by atoms with van der Waals surface area (Å²) in [5, 5.41) is 0. The summed E-state index contributed by atoms with van der Waals surface area (Å²) < 4.78 is 10.6. The molecule has 0 amide bonds. The summed E-state index contributed by atoms with van der Waals surface area (Å²) >= 11 is 3.36. The number of esters is 1. The van der Waals surface area contributed by atoms with Crippen molar-refractivity contribution < 1.29 is 14.3 Å². The normalized spacial score (nSPS) is 12.0. The number of ether oxygens (including phenoxy) is 2. The van der Waals surface area contributed by atoms with Gasteiger partial charge in [0.05, 0.1) is 25.1 Å². The molecule has 0 saturated carbocycles. The zero-order valence-corrected chi connectivity index (χ0v) is 10.8. The van der Waals surface area contributed by atoms with E-state index in [2.05, 4.69) is 20.7 Å². The molecule has 1 atom stereocenters. The Bertz CT molecular complexity index is 381. The highest BCUT2D eigenvalue weighted by atomic mass is 79.9. The monoisotopic (exact) mass is 287 g/mol. The molecule has 1 unspecified atom stereocenters. The Kier molecular flexibility index (Phi) is 4.76. The van der Waals surface area contributed by atoms with Gasteiger partial charge in [-0.05, 0) is 22.0 Å². The average molecular weight is 288 g/mol. The molecule has 4 nitrogen and oxygen atoms in total. The van der Waals surface area contributed by atoms with Gasteiger partial charge in [-0.3, -0.25) is 4.79 Å². The molecule has 0 fully saturated rings. The van der Waals surface area contributed by atoms with Gasteiger partial charge in [0.1, 0.15) is 5.75 Å². The van der Waals surface area contributed by atoms with Crippen molar-refractivity contribution >= 4 is 21.9 Å². The van der Waals surface area contributed by atoms with E-state index in [1.54, 1.807) is 7.11 Å². The molecule has 0 spiro atoms. The van der Waals surface area contributed by atoms with Gasteiger partial charge >= 0.3 is 5.97 Å². The maximum Gasteiger partial charge on any atom is 0.307 e. The molecule has 5 heteroatoms. The van der Waals surface area contributed by atoms with Gasteiger partial charge in [-0.25, -0.2) is 0 Å². The number of para-hydroxylation sites is 1. The van der Waals surface area contributed by atoms with Crippen LogP contribution < -0.4 is 10.5 Å². The van der Waals surface area contributed by atoms with Crippen molar-refractivity contribution in [3.8, 4) is 5.75 Å². The third-order valence-electron chi connectivity index (χ3n) is 2.22. The highest BCUT2D eigenvalue weighted by Gasteiger charge is 2.17. The predicted molar refractivity (Wildman–Crippen MR) is 64.3 cm³/mol. The van der Waals surface area contributed by atoms with Gasteiger partial charge in [0, 0.05) is 11.6 Å². The van der Waals surface area contributed by atoms with Gasteiger partial charge < -0.3 is 15.2 Å². The SMILES string of the molecule is COC(=O)CC(N)c1cccc(Br)c1OC. The molecular formula is C11H14BrNO3. The fraction of sp³-hybridized carbons (Fsp3) is 0.364. The first-order valence-electron chi connectivity index (χ1n) is 4.75. The zero-order chi connectivity index (χ0) is 12.1.